The van der Waals surface area contributed by atoms with Gasteiger partial charge in [-0.1, -0.05) is 0 Å². The van der Waals surface area contributed by atoms with Gasteiger partial charge in [0.05, 0.1) is 0 Å². The summed E-state index contributed by atoms with van der Waals surface area (Å²) in [7, 11) is 0. The Morgan fingerprint density at radius 1 is 1.40 bits per heavy atom. The molecule has 0 atom stereocenters. The number of carbonyl (C=O) groups is 1. The first-order valence-corrected chi connectivity index (χ1v) is 3.89. The largest absolute Gasteiger partial charge is 0.435 e. The monoisotopic (exact) mass is 215 g/mol. The molecule has 2 aromatic heterocycles. The van der Waals surface area contributed by atoms with E-state index >= 15 is 0 Å². The van der Waals surface area contributed by atoms with Crippen LogP contribution in [0.15, 0.2) is 18.5 Å². The van der Waals surface area contributed by atoms with Crippen LogP contribution in [0.3, 0.4) is 0 Å². The highest BCUT2D eigenvalue weighted by molar-refractivity contribution is 5.76. The summed E-state index contributed by atoms with van der Waals surface area (Å²) in [5.41, 5.74) is -1.75. The fourth-order valence-corrected chi connectivity index (χ4v) is 1.23. The summed E-state index contributed by atoms with van der Waals surface area (Å²) in [6.07, 6.45) is -1.93. The highest BCUT2D eigenvalue weighted by atomic mass is 19.4. The zero-order valence-corrected chi connectivity index (χ0v) is 7.19. The Hall–Kier alpha value is -1.92. The van der Waals surface area contributed by atoms with Crippen molar-refractivity contribution in [2.45, 2.75) is 6.18 Å². The molecule has 0 aliphatic carbocycles. The van der Waals surface area contributed by atoms with Gasteiger partial charge in [-0.05, 0) is 6.07 Å². The molecular formula is C8H4F3N3O. The average molecular weight is 215 g/mol. The van der Waals surface area contributed by atoms with Crippen molar-refractivity contribution in [2.75, 3.05) is 0 Å². The smallest absolute Gasteiger partial charge is 0.296 e. The summed E-state index contributed by atoms with van der Waals surface area (Å²) in [4.78, 5) is 17.4. The average Bonchev–Trinajstić information content (AvgIpc) is 2.55. The van der Waals surface area contributed by atoms with E-state index in [1.165, 1.54) is 18.5 Å². The second kappa shape index (κ2) is 3.04. The maximum Gasteiger partial charge on any atom is 0.435 e. The number of rotatable bonds is 1. The van der Waals surface area contributed by atoms with E-state index in [1.807, 2.05) is 0 Å². The summed E-state index contributed by atoms with van der Waals surface area (Å²) >= 11 is 0. The van der Waals surface area contributed by atoms with Crippen LogP contribution in [-0.2, 0) is 6.18 Å². The molecule has 0 aromatic carbocycles. The van der Waals surface area contributed by atoms with Crippen molar-refractivity contribution < 1.29 is 18.0 Å². The van der Waals surface area contributed by atoms with Crippen molar-refractivity contribution in [3.05, 3.63) is 29.8 Å². The molecule has 78 valence electrons. The van der Waals surface area contributed by atoms with Gasteiger partial charge in [-0.25, -0.2) is 9.97 Å². The number of hydrogen-bond donors (Lipinski definition) is 0. The molecule has 2 aromatic rings. The zero-order chi connectivity index (χ0) is 11.1. The van der Waals surface area contributed by atoms with Gasteiger partial charge in [0.1, 0.15) is 5.69 Å². The number of nitrogens with zero attached hydrogens (tertiary/aromatic N) is 3. The number of aldehydes is 1. The lowest BCUT2D eigenvalue weighted by atomic mass is 10.3. The summed E-state index contributed by atoms with van der Waals surface area (Å²) in [5.74, 6) is -0.146. The fourth-order valence-electron chi connectivity index (χ4n) is 1.23. The molecule has 4 nitrogen and oxygen atoms in total. The number of hydrogen-bond acceptors (Lipinski definition) is 3. The van der Waals surface area contributed by atoms with Crippen LogP contribution in [0.5, 0.6) is 0 Å². The summed E-state index contributed by atoms with van der Waals surface area (Å²) in [5, 5.41) is 0. The minimum absolute atomic E-state index is 0.116. The molecule has 0 saturated carbocycles. The SMILES string of the molecule is O=Cc1c(C(F)(F)F)nc2ncccn12. The van der Waals surface area contributed by atoms with Crippen molar-refractivity contribution in [3.63, 3.8) is 0 Å². The van der Waals surface area contributed by atoms with Gasteiger partial charge < -0.3 is 0 Å². The Balaban J connectivity index is 2.81. The molecule has 0 fully saturated rings. The van der Waals surface area contributed by atoms with Crippen LogP contribution in [0.25, 0.3) is 5.78 Å². The van der Waals surface area contributed by atoms with E-state index in [-0.39, 0.29) is 12.1 Å². The number of carbonyl (C=O) groups excluding carboxylic acids is 1. The summed E-state index contributed by atoms with van der Waals surface area (Å²) < 4.78 is 38.2. The summed E-state index contributed by atoms with van der Waals surface area (Å²) in [6, 6.07) is 1.42. The molecule has 2 rings (SSSR count). The predicted octanol–water partition coefficient (Wildman–Crippen LogP) is 1.56. The molecule has 0 bridgehead atoms. The van der Waals surface area contributed by atoms with Gasteiger partial charge >= 0.3 is 6.18 Å². The van der Waals surface area contributed by atoms with Crippen LogP contribution < -0.4 is 0 Å². The number of imidazole rings is 1. The maximum absolute atomic E-state index is 12.4. The van der Waals surface area contributed by atoms with Crippen LogP contribution >= 0.6 is 0 Å². The number of halogens is 3. The third kappa shape index (κ3) is 1.45. The van der Waals surface area contributed by atoms with Crippen molar-refractivity contribution in [2.24, 2.45) is 0 Å². The van der Waals surface area contributed by atoms with Gasteiger partial charge in [-0.15, -0.1) is 0 Å². The van der Waals surface area contributed by atoms with Crippen LogP contribution in [-0.4, -0.2) is 20.7 Å². The first-order chi connectivity index (χ1) is 7.04. The number of fused-ring (bicyclic) bond motifs is 1. The third-order valence-electron chi connectivity index (χ3n) is 1.82. The zero-order valence-electron chi connectivity index (χ0n) is 7.19. The van der Waals surface area contributed by atoms with E-state index in [0.29, 0.717) is 0 Å². The number of aromatic nitrogens is 3. The molecule has 15 heavy (non-hydrogen) atoms. The van der Waals surface area contributed by atoms with Crippen molar-refractivity contribution in [1.82, 2.24) is 14.4 Å². The lowest BCUT2D eigenvalue weighted by Gasteiger charge is -2.01. The molecule has 0 amide bonds. The van der Waals surface area contributed by atoms with Crippen molar-refractivity contribution in [1.29, 1.82) is 0 Å². The predicted molar refractivity (Wildman–Crippen MR) is 43.4 cm³/mol. The van der Waals surface area contributed by atoms with E-state index in [9.17, 15) is 18.0 Å². The van der Waals surface area contributed by atoms with Gasteiger partial charge in [0, 0.05) is 12.4 Å². The molecule has 0 saturated heterocycles. The van der Waals surface area contributed by atoms with E-state index in [2.05, 4.69) is 9.97 Å². The maximum atomic E-state index is 12.4. The topological polar surface area (TPSA) is 47.3 Å². The Bertz CT molecular complexity index is 517. The molecule has 0 aliphatic rings. The Morgan fingerprint density at radius 3 is 2.73 bits per heavy atom. The molecule has 0 aliphatic heterocycles. The normalized spacial score (nSPS) is 11.9. The van der Waals surface area contributed by atoms with Gasteiger partial charge in [-0.2, -0.15) is 13.2 Å². The highest BCUT2D eigenvalue weighted by Gasteiger charge is 2.37. The molecule has 7 heteroatoms. The molecular weight excluding hydrogens is 211 g/mol. The first kappa shape index (κ1) is 9.63. The Morgan fingerprint density at radius 2 is 2.13 bits per heavy atom. The summed E-state index contributed by atoms with van der Waals surface area (Å²) in [6.45, 7) is 0. The Kier molecular flexibility index (Phi) is 1.95. The minimum atomic E-state index is -4.65. The van der Waals surface area contributed by atoms with Crippen LogP contribution in [0.2, 0.25) is 0 Å². The molecule has 0 radical (unpaired) electrons. The van der Waals surface area contributed by atoms with Crippen molar-refractivity contribution in [3.8, 4) is 0 Å². The van der Waals surface area contributed by atoms with E-state index < -0.39 is 17.6 Å². The lowest BCUT2D eigenvalue weighted by Crippen LogP contribution is -2.09. The Labute approximate surface area is 81.4 Å². The molecule has 2 heterocycles. The van der Waals surface area contributed by atoms with E-state index in [4.69, 9.17) is 0 Å². The van der Waals surface area contributed by atoms with Gasteiger partial charge in [-0.3, -0.25) is 9.20 Å². The van der Waals surface area contributed by atoms with Gasteiger partial charge in [0.15, 0.2) is 12.0 Å². The second-order valence-corrected chi connectivity index (χ2v) is 2.75. The van der Waals surface area contributed by atoms with E-state index in [0.717, 1.165) is 4.40 Å². The quantitative estimate of drug-likeness (QED) is 0.678. The molecule has 0 unspecified atom stereocenters. The standard InChI is InChI=1S/C8H4F3N3O/c9-8(10,11)6-5(4-15)14-3-1-2-12-7(14)13-6/h1-4H. The van der Waals surface area contributed by atoms with Crippen LogP contribution in [0.4, 0.5) is 13.2 Å². The minimum Gasteiger partial charge on any atom is -0.296 e. The van der Waals surface area contributed by atoms with Gasteiger partial charge in [0.2, 0.25) is 5.78 Å². The van der Waals surface area contributed by atoms with Gasteiger partial charge in [0.25, 0.3) is 0 Å². The van der Waals surface area contributed by atoms with Crippen molar-refractivity contribution >= 4 is 12.1 Å². The number of alkyl halides is 3. The van der Waals surface area contributed by atoms with Crippen LogP contribution in [0.1, 0.15) is 16.2 Å². The first-order valence-electron chi connectivity index (χ1n) is 3.89. The second-order valence-electron chi connectivity index (χ2n) is 2.75. The third-order valence-corrected chi connectivity index (χ3v) is 1.82. The fraction of sp³-hybridized carbons (Fsp3) is 0.125. The molecule has 0 N–H and O–H groups in total. The highest BCUT2D eigenvalue weighted by Crippen LogP contribution is 2.30. The molecule has 0 spiro atoms. The lowest BCUT2D eigenvalue weighted by molar-refractivity contribution is -0.141. The van der Waals surface area contributed by atoms with Crippen LogP contribution in [0, 0.1) is 0 Å². The van der Waals surface area contributed by atoms with E-state index in [1.54, 1.807) is 0 Å².